The van der Waals surface area contributed by atoms with E-state index in [-0.39, 0.29) is 5.54 Å². The van der Waals surface area contributed by atoms with Gasteiger partial charge in [0.25, 0.3) is 0 Å². The molecule has 1 aromatic rings. The van der Waals surface area contributed by atoms with Crippen molar-refractivity contribution in [2.24, 2.45) is 0 Å². The fourth-order valence-electron chi connectivity index (χ4n) is 1.38. The molecule has 1 aromatic heterocycles. The minimum Gasteiger partial charge on any atom is -0.315 e. The van der Waals surface area contributed by atoms with Crippen LogP contribution in [-0.4, -0.2) is 40.4 Å². The molecule has 5 nitrogen and oxygen atoms in total. The summed E-state index contributed by atoms with van der Waals surface area (Å²) >= 11 is 0. The van der Waals surface area contributed by atoms with Crippen molar-refractivity contribution >= 4 is 0 Å². The standard InChI is InChI=1S/C11H23N5/c1-11(2,3)14-8-7-12-6-4-5-10-13-9-15-16-10/h9,12,14H,4-8H2,1-3H3,(H,13,15,16). The van der Waals surface area contributed by atoms with Gasteiger partial charge in [-0.25, -0.2) is 4.98 Å². The van der Waals surface area contributed by atoms with Gasteiger partial charge < -0.3 is 10.6 Å². The second-order valence-corrected chi connectivity index (χ2v) is 4.96. The summed E-state index contributed by atoms with van der Waals surface area (Å²) in [7, 11) is 0. The molecular weight excluding hydrogens is 202 g/mol. The number of hydrogen-bond acceptors (Lipinski definition) is 4. The maximum atomic E-state index is 4.08. The van der Waals surface area contributed by atoms with E-state index in [0.29, 0.717) is 0 Å². The molecule has 0 aromatic carbocycles. The first-order valence-electron chi connectivity index (χ1n) is 5.88. The van der Waals surface area contributed by atoms with E-state index < -0.39 is 0 Å². The van der Waals surface area contributed by atoms with Crippen molar-refractivity contribution in [2.75, 3.05) is 19.6 Å². The van der Waals surface area contributed by atoms with E-state index in [1.807, 2.05) is 0 Å². The van der Waals surface area contributed by atoms with Crippen molar-refractivity contribution < 1.29 is 0 Å². The number of aromatic nitrogens is 3. The molecule has 0 saturated carbocycles. The fraction of sp³-hybridized carbons (Fsp3) is 0.818. The zero-order chi connectivity index (χ0) is 11.9. The lowest BCUT2D eigenvalue weighted by molar-refractivity contribution is 0.421. The third kappa shape index (κ3) is 6.53. The van der Waals surface area contributed by atoms with Crippen LogP contribution in [0.2, 0.25) is 0 Å². The number of nitrogens with zero attached hydrogens (tertiary/aromatic N) is 2. The maximum Gasteiger partial charge on any atom is 0.137 e. The van der Waals surface area contributed by atoms with E-state index in [4.69, 9.17) is 0 Å². The van der Waals surface area contributed by atoms with Gasteiger partial charge in [0.2, 0.25) is 0 Å². The monoisotopic (exact) mass is 225 g/mol. The predicted octanol–water partition coefficient (Wildman–Crippen LogP) is 0.715. The van der Waals surface area contributed by atoms with Gasteiger partial charge >= 0.3 is 0 Å². The number of H-pyrrole nitrogens is 1. The summed E-state index contributed by atoms with van der Waals surface area (Å²) < 4.78 is 0. The lowest BCUT2D eigenvalue weighted by atomic mass is 10.1. The first-order chi connectivity index (χ1) is 7.58. The maximum absolute atomic E-state index is 4.08. The molecule has 0 bridgehead atoms. The molecule has 0 radical (unpaired) electrons. The summed E-state index contributed by atoms with van der Waals surface area (Å²) in [5.41, 5.74) is 0.210. The Morgan fingerprint density at radius 1 is 1.25 bits per heavy atom. The van der Waals surface area contributed by atoms with E-state index in [1.165, 1.54) is 0 Å². The van der Waals surface area contributed by atoms with Crippen molar-refractivity contribution in [1.29, 1.82) is 0 Å². The van der Waals surface area contributed by atoms with Crippen LogP contribution in [0.4, 0.5) is 0 Å². The Kier molecular flexibility index (Phi) is 5.42. The minimum atomic E-state index is 0.210. The first kappa shape index (κ1) is 13.1. The average molecular weight is 225 g/mol. The molecule has 3 N–H and O–H groups in total. The third-order valence-corrected chi connectivity index (χ3v) is 2.19. The Labute approximate surface area is 97.4 Å². The van der Waals surface area contributed by atoms with E-state index in [9.17, 15) is 0 Å². The minimum absolute atomic E-state index is 0.210. The molecule has 0 amide bonds. The third-order valence-electron chi connectivity index (χ3n) is 2.19. The Hall–Kier alpha value is -0.940. The van der Waals surface area contributed by atoms with Crippen molar-refractivity contribution in [1.82, 2.24) is 25.8 Å². The van der Waals surface area contributed by atoms with Crippen molar-refractivity contribution in [3.8, 4) is 0 Å². The normalized spacial score (nSPS) is 11.9. The molecule has 5 heteroatoms. The SMILES string of the molecule is CC(C)(C)NCCNCCCc1ncn[nH]1. The quantitative estimate of drug-likeness (QED) is 0.598. The van der Waals surface area contributed by atoms with E-state index in [1.54, 1.807) is 6.33 Å². The molecule has 0 atom stereocenters. The van der Waals surface area contributed by atoms with Gasteiger partial charge in [0.15, 0.2) is 0 Å². The zero-order valence-electron chi connectivity index (χ0n) is 10.5. The summed E-state index contributed by atoms with van der Waals surface area (Å²) in [6.45, 7) is 9.57. The number of rotatable bonds is 7. The van der Waals surface area contributed by atoms with Crippen LogP contribution >= 0.6 is 0 Å². The van der Waals surface area contributed by atoms with Crippen molar-refractivity contribution in [3.05, 3.63) is 12.2 Å². The first-order valence-corrected chi connectivity index (χ1v) is 5.88. The van der Waals surface area contributed by atoms with Crippen molar-refractivity contribution in [3.63, 3.8) is 0 Å². The number of hydrogen-bond donors (Lipinski definition) is 3. The predicted molar refractivity (Wildman–Crippen MR) is 65.3 cm³/mol. The van der Waals surface area contributed by atoms with Crippen LogP contribution in [0.5, 0.6) is 0 Å². The molecule has 0 aliphatic heterocycles. The number of aromatic amines is 1. The van der Waals surface area contributed by atoms with Gasteiger partial charge in [-0.05, 0) is 33.7 Å². The highest BCUT2D eigenvalue weighted by atomic mass is 15.2. The zero-order valence-corrected chi connectivity index (χ0v) is 10.5. The van der Waals surface area contributed by atoms with Crippen LogP contribution in [0.25, 0.3) is 0 Å². The van der Waals surface area contributed by atoms with Crippen LogP contribution in [0.3, 0.4) is 0 Å². The fourth-order valence-corrected chi connectivity index (χ4v) is 1.38. The molecule has 0 fully saturated rings. The van der Waals surface area contributed by atoms with Crippen LogP contribution in [0, 0.1) is 0 Å². The highest BCUT2D eigenvalue weighted by Crippen LogP contribution is 1.96. The lowest BCUT2D eigenvalue weighted by Crippen LogP contribution is -2.40. The molecule has 16 heavy (non-hydrogen) atoms. The summed E-state index contributed by atoms with van der Waals surface area (Å²) in [4.78, 5) is 4.08. The molecule has 0 spiro atoms. The summed E-state index contributed by atoms with van der Waals surface area (Å²) in [6.07, 6.45) is 3.60. The highest BCUT2D eigenvalue weighted by Gasteiger charge is 2.06. The van der Waals surface area contributed by atoms with Gasteiger partial charge in [0.1, 0.15) is 12.2 Å². The van der Waals surface area contributed by atoms with Gasteiger partial charge in [-0.2, -0.15) is 5.10 Å². The molecule has 0 aliphatic rings. The second-order valence-electron chi connectivity index (χ2n) is 4.96. The molecule has 0 unspecified atom stereocenters. The molecule has 0 aliphatic carbocycles. The molecule has 0 saturated heterocycles. The van der Waals surface area contributed by atoms with Crippen LogP contribution in [0.1, 0.15) is 33.0 Å². The van der Waals surface area contributed by atoms with Crippen molar-refractivity contribution in [2.45, 2.75) is 39.2 Å². The lowest BCUT2D eigenvalue weighted by Gasteiger charge is -2.20. The van der Waals surface area contributed by atoms with Gasteiger partial charge in [-0.1, -0.05) is 0 Å². The number of nitrogens with one attached hydrogen (secondary N) is 3. The average Bonchev–Trinajstić information content (AvgIpc) is 2.67. The van der Waals surface area contributed by atoms with Crippen LogP contribution in [-0.2, 0) is 6.42 Å². The molecule has 1 heterocycles. The summed E-state index contributed by atoms with van der Waals surface area (Å²) in [5.74, 6) is 0.967. The second kappa shape index (κ2) is 6.60. The highest BCUT2D eigenvalue weighted by molar-refractivity contribution is 4.79. The Morgan fingerprint density at radius 3 is 2.69 bits per heavy atom. The largest absolute Gasteiger partial charge is 0.315 e. The summed E-state index contributed by atoms with van der Waals surface area (Å²) in [6, 6.07) is 0. The van der Waals surface area contributed by atoms with E-state index in [2.05, 4.69) is 46.6 Å². The van der Waals surface area contributed by atoms with Crippen LogP contribution in [0.15, 0.2) is 6.33 Å². The molecule has 1 rings (SSSR count). The number of aryl methyl sites for hydroxylation is 1. The van der Waals surface area contributed by atoms with E-state index >= 15 is 0 Å². The Balaban J connectivity index is 1.89. The molecular formula is C11H23N5. The van der Waals surface area contributed by atoms with Gasteiger partial charge in [-0.15, -0.1) is 0 Å². The smallest absolute Gasteiger partial charge is 0.137 e. The van der Waals surface area contributed by atoms with E-state index in [0.717, 1.165) is 38.3 Å². The van der Waals surface area contributed by atoms with Gasteiger partial charge in [0, 0.05) is 25.0 Å². The van der Waals surface area contributed by atoms with Gasteiger partial charge in [-0.3, -0.25) is 5.10 Å². The topological polar surface area (TPSA) is 65.6 Å². The summed E-state index contributed by atoms with van der Waals surface area (Å²) in [5, 5.41) is 13.5. The Morgan fingerprint density at radius 2 is 2.06 bits per heavy atom. The molecule has 92 valence electrons. The Bertz CT molecular complexity index is 262. The van der Waals surface area contributed by atoms with Gasteiger partial charge in [0.05, 0.1) is 0 Å². The van der Waals surface area contributed by atoms with Crippen LogP contribution < -0.4 is 10.6 Å².